The number of hydrogen-bond donors (Lipinski definition) is 1. The number of carbonyl (C=O) groups excluding carboxylic acids is 1. The van der Waals surface area contributed by atoms with Crippen molar-refractivity contribution >= 4 is 34.0 Å². The molecule has 0 atom stereocenters. The number of aromatic nitrogens is 2. The number of ether oxygens (including phenoxy) is 1. The Labute approximate surface area is 132 Å². The molecule has 0 aliphatic heterocycles. The first kappa shape index (κ1) is 14.8. The Morgan fingerprint density at radius 1 is 1.43 bits per heavy atom. The molecule has 0 saturated heterocycles. The number of para-hydroxylation sites is 1. The van der Waals surface area contributed by atoms with E-state index in [1.54, 1.807) is 12.1 Å². The monoisotopic (exact) mass is 309 g/mol. The van der Waals surface area contributed by atoms with Crippen molar-refractivity contribution in [2.45, 2.75) is 6.54 Å². The minimum atomic E-state index is -0.542. The van der Waals surface area contributed by atoms with E-state index in [0.717, 1.165) is 21.8 Å². The Balaban J connectivity index is 2.49. The van der Waals surface area contributed by atoms with Gasteiger partial charge in [0.25, 0.3) is 0 Å². The van der Waals surface area contributed by atoms with Crippen LogP contribution >= 0.6 is 0 Å². The van der Waals surface area contributed by atoms with Crippen molar-refractivity contribution in [3.8, 4) is 0 Å². The molecule has 3 rings (SSSR count). The number of benzene rings is 1. The SMILES string of the molecule is C=CCn1c2ccccc2c2cc(C(=O)OC)nc(/C=N/O)c21. The third-order valence-corrected chi connectivity index (χ3v) is 3.66. The van der Waals surface area contributed by atoms with Gasteiger partial charge in [0, 0.05) is 22.8 Å². The van der Waals surface area contributed by atoms with Crippen LogP contribution in [0.5, 0.6) is 0 Å². The third-order valence-electron chi connectivity index (χ3n) is 3.66. The number of nitrogens with zero attached hydrogens (tertiary/aromatic N) is 3. The summed E-state index contributed by atoms with van der Waals surface area (Å²) in [6, 6.07) is 9.51. The lowest BCUT2D eigenvalue weighted by molar-refractivity contribution is 0.0594. The van der Waals surface area contributed by atoms with Gasteiger partial charge in [-0.05, 0) is 12.1 Å². The summed E-state index contributed by atoms with van der Waals surface area (Å²) in [5, 5.41) is 13.8. The summed E-state index contributed by atoms with van der Waals surface area (Å²) >= 11 is 0. The molecule has 6 nitrogen and oxygen atoms in total. The number of pyridine rings is 1. The molecule has 1 N–H and O–H groups in total. The van der Waals surface area contributed by atoms with Gasteiger partial charge in [-0.3, -0.25) is 0 Å². The minimum absolute atomic E-state index is 0.163. The van der Waals surface area contributed by atoms with E-state index in [1.807, 2.05) is 28.8 Å². The normalized spacial score (nSPS) is 11.3. The molecule has 0 fully saturated rings. The number of esters is 1. The van der Waals surface area contributed by atoms with Crippen LogP contribution in [0.4, 0.5) is 0 Å². The van der Waals surface area contributed by atoms with E-state index in [4.69, 9.17) is 9.94 Å². The number of fused-ring (bicyclic) bond motifs is 3. The van der Waals surface area contributed by atoms with Gasteiger partial charge in [0.2, 0.25) is 0 Å². The van der Waals surface area contributed by atoms with Gasteiger partial charge in [0.15, 0.2) is 0 Å². The highest BCUT2D eigenvalue weighted by Crippen LogP contribution is 2.31. The fraction of sp³-hybridized carbons (Fsp3) is 0.118. The van der Waals surface area contributed by atoms with E-state index in [1.165, 1.54) is 13.3 Å². The summed E-state index contributed by atoms with van der Waals surface area (Å²) in [5.41, 5.74) is 2.32. The average Bonchev–Trinajstić information content (AvgIpc) is 2.89. The molecular formula is C17H15N3O3. The predicted octanol–water partition coefficient (Wildman–Crippen LogP) is 2.97. The van der Waals surface area contributed by atoms with Gasteiger partial charge in [-0.1, -0.05) is 29.4 Å². The van der Waals surface area contributed by atoms with E-state index in [0.29, 0.717) is 12.2 Å². The summed E-state index contributed by atoms with van der Waals surface area (Å²) in [6.45, 7) is 4.35. The minimum Gasteiger partial charge on any atom is -0.464 e. The summed E-state index contributed by atoms with van der Waals surface area (Å²) in [5.74, 6) is -0.542. The Hall–Kier alpha value is -3.15. The Kier molecular flexibility index (Phi) is 3.80. The molecule has 0 amide bonds. The fourth-order valence-corrected chi connectivity index (χ4v) is 2.78. The summed E-state index contributed by atoms with van der Waals surface area (Å²) < 4.78 is 6.77. The van der Waals surface area contributed by atoms with Crippen molar-refractivity contribution in [1.82, 2.24) is 9.55 Å². The molecule has 0 saturated carbocycles. The van der Waals surface area contributed by atoms with Crippen LogP contribution in [0.3, 0.4) is 0 Å². The molecular weight excluding hydrogens is 294 g/mol. The van der Waals surface area contributed by atoms with Gasteiger partial charge >= 0.3 is 5.97 Å². The van der Waals surface area contributed by atoms with E-state index in [-0.39, 0.29) is 5.69 Å². The first-order valence-corrected chi connectivity index (χ1v) is 7.00. The van der Waals surface area contributed by atoms with Crippen molar-refractivity contribution in [2.24, 2.45) is 5.16 Å². The van der Waals surface area contributed by atoms with Crippen LogP contribution in [0.2, 0.25) is 0 Å². The highest BCUT2D eigenvalue weighted by molar-refractivity contribution is 6.13. The first-order chi connectivity index (χ1) is 11.2. The van der Waals surface area contributed by atoms with E-state index >= 15 is 0 Å². The molecule has 3 aromatic rings. The lowest BCUT2D eigenvalue weighted by Crippen LogP contribution is -2.08. The molecule has 2 heterocycles. The molecule has 0 unspecified atom stereocenters. The summed E-state index contributed by atoms with van der Waals surface area (Å²) in [6.07, 6.45) is 2.99. The smallest absolute Gasteiger partial charge is 0.356 e. The Bertz CT molecular complexity index is 941. The molecule has 116 valence electrons. The zero-order valence-electron chi connectivity index (χ0n) is 12.6. The number of oxime groups is 1. The fourth-order valence-electron chi connectivity index (χ4n) is 2.78. The van der Waals surface area contributed by atoms with Crippen molar-refractivity contribution in [1.29, 1.82) is 0 Å². The summed E-state index contributed by atoms with van der Waals surface area (Å²) in [4.78, 5) is 16.1. The van der Waals surface area contributed by atoms with Crippen LogP contribution in [0, 0.1) is 0 Å². The molecule has 1 aromatic carbocycles. The molecule has 0 aliphatic carbocycles. The maximum Gasteiger partial charge on any atom is 0.356 e. The highest BCUT2D eigenvalue weighted by atomic mass is 16.5. The predicted molar refractivity (Wildman–Crippen MR) is 88.2 cm³/mol. The third kappa shape index (κ3) is 2.34. The number of hydrogen-bond acceptors (Lipinski definition) is 5. The lowest BCUT2D eigenvalue weighted by atomic mass is 10.1. The molecule has 23 heavy (non-hydrogen) atoms. The van der Waals surface area contributed by atoms with Crippen LogP contribution < -0.4 is 0 Å². The van der Waals surface area contributed by atoms with Gasteiger partial charge in [-0.2, -0.15) is 0 Å². The van der Waals surface area contributed by atoms with Crippen LogP contribution in [0.1, 0.15) is 16.2 Å². The van der Waals surface area contributed by atoms with E-state index in [2.05, 4.69) is 16.7 Å². The van der Waals surface area contributed by atoms with Crippen LogP contribution in [0.25, 0.3) is 21.8 Å². The second-order valence-electron chi connectivity index (χ2n) is 4.94. The van der Waals surface area contributed by atoms with Crippen molar-refractivity contribution in [3.63, 3.8) is 0 Å². The van der Waals surface area contributed by atoms with Crippen molar-refractivity contribution in [2.75, 3.05) is 7.11 Å². The Morgan fingerprint density at radius 2 is 2.22 bits per heavy atom. The second kappa shape index (κ2) is 5.92. The highest BCUT2D eigenvalue weighted by Gasteiger charge is 2.18. The average molecular weight is 309 g/mol. The Morgan fingerprint density at radius 3 is 2.91 bits per heavy atom. The maximum atomic E-state index is 11.9. The zero-order chi connectivity index (χ0) is 16.4. The molecule has 0 radical (unpaired) electrons. The van der Waals surface area contributed by atoms with Gasteiger partial charge < -0.3 is 14.5 Å². The van der Waals surface area contributed by atoms with E-state index < -0.39 is 5.97 Å². The van der Waals surface area contributed by atoms with Gasteiger partial charge in [0.05, 0.1) is 18.8 Å². The topological polar surface area (TPSA) is 76.7 Å². The van der Waals surface area contributed by atoms with Crippen LogP contribution in [-0.4, -0.2) is 34.1 Å². The zero-order valence-corrected chi connectivity index (χ0v) is 12.6. The number of carbonyl (C=O) groups is 1. The van der Waals surface area contributed by atoms with Crippen LogP contribution in [0.15, 0.2) is 48.1 Å². The largest absolute Gasteiger partial charge is 0.464 e. The number of methoxy groups -OCH3 is 1. The number of allylic oxidation sites excluding steroid dienone is 1. The van der Waals surface area contributed by atoms with E-state index in [9.17, 15) is 4.79 Å². The lowest BCUT2D eigenvalue weighted by Gasteiger charge is -2.07. The van der Waals surface area contributed by atoms with Crippen LogP contribution in [-0.2, 0) is 11.3 Å². The first-order valence-electron chi connectivity index (χ1n) is 7.00. The molecule has 0 spiro atoms. The standard InChI is InChI=1S/C17H15N3O3/c1-3-8-20-15-7-5-4-6-11(15)12-9-13(17(21)23-2)19-14(10-18-22)16(12)20/h3-7,9-10,22H,1,8H2,2H3/b18-10+. The summed E-state index contributed by atoms with van der Waals surface area (Å²) in [7, 11) is 1.30. The van der Waals surface area contributed by atoms with Gasteiger partial charge in [0.1, 0.15) is 11.4 Å². The second-order valence-corrected chi connectivity index (χ2v) is 4.94. The molecule has 0 aliphatic rings. The maximum absolute atomic E-state index is 11.9. The number of rotatable bonds is 4. The molecule has 6 heteroatoms. The van der Waals surface area contributed by atoms with Crippen molar-refractivity contribution in [3.05, 3.63) is 54.4 Å². The van der Waals surface area contributed by atoms with Gasteiger partial charge in [-0.15, -0.1) is 6.58 Å². The molecule has 2 aromatic heterocycles. The quantitative estimate of drug-likeness (QED) is 0.264. The van der Waals surface area contributed by atoms with Gasteiger partial charge in [-0.25, -0.2) is 9.78 Å². The van der Waals surface area contributed by atoms with Crippen molar-refractivity contribution < 1.29 is 14.7 Å². The molecule has 0 bridgehead atoms.